The number of carbonyl (C=O) groups excluding carboxylic acids is 5. The number of carbonyl (C=O) groups is 5. The maximum absolute atomic E-state index is 14.2. The molecule has 4 aromatic rings. The summed E-state index contributed by atoms with van der Waals surface area (Å²) in [6.45, 7) is 0.490. The number of fused-ring (bicyclic) bond motifs is 2. The summed E-state index contributed by atoms with van der Waals surface area (Å²) in [5.74, 6) is -2.11. The second kappa shape index (κ2) is 9.94. The number of H-pyrrole nitrogens is 1. The number of Topliss-reactive ketones (excluding diaryl/α,β-unsaturated/α-hetero) is 4. The molecule has 1 aromatic heterocycles. The van der Waals surface area contributed by atoms with Gasteiger partial charge in [0.25, 0.3) is 0 Å². The van der Waals surface area contributed by atoms with E-state index < -0.39 is 28.5 Å². The standard InChI is InChI=1S/C33H24N2O5/c36-26-17-25(33(22-11-5-2-6-12-22)31(39)23-13-7-8-14-24(23)32(33)40)30(38)28-21(18-35-29(26)28)15-16-34-19-27(37)20-9-3-1-4-10-20/h1-14,17-18,34-35H,15-16,19H2. The first-order chi connectivity index (χ1) is 19.4. The number of hydrogen-bond donors (Lipinski definition) is 2. The van der Waals surface area contributed by atoms with Crippen molar-refractivity contribution in [2.24, 2.45) is 0 Å². The number of ketones is 5. The van der Waals surface area contributed by atoms with Gasteiger partial charge in [-0.1, -0.05) is 84.9 Å². The lowest BCUT2D eigenvalue weighted by molar-refractivity contribution is 0.0797. The lowest BCUT2D eigenvalue weighted by Crippen LogP contribution is -2.44. The highest BCUT2D eigenvalue weighted by molar-refractivity contribution is 6.41. The number of aromatic nitrogens is 1. The van der Waals surface area contributed by atoms with E-state index in [1.807, 2.05) is 6.07 Å². The van der Waals surface area contributed by atoms with Crippen LogP contribution in [0.4, 0.5) is 0 Å². The number of nitrogens with one attached hydrogen (secondary N) is 2. The van der Waals surface area contributed by atoms with Crippen LogP contribution in [0.3, 0.4) is 0 Å². The summed E-state index contributed by atoms with van der Waals surface area (Å²) < 4.78 is 0. The molecule has 7 heteroatoms. The maximum Gasteiger partial charge on any atom is 0.203 e. The average molecular weight is 529 g/mol. The van der Waals surface area contributed by atoms with Gasteiger partial charge in [-0.25, -0.2) is 0 Å². The SMILES string of the molecule is O=C(CNCCc1c[nH]c2c1C(=O)C(C1(c3ccccc3)C(=O)c3ccccc3C1=O)=CC2=O)c1ccccc1. The van der Waals surface area contributed by atoms with Crippen molar-refractivity contribution in [2.45, 2.75) is 11.8 Å². The Morgan fingerprint density at radius 1 is 0.775 bits per heavy atom. The van der Waals surface area contributed by atoms with E-state index in [0.29, 0.717) is 29.7 Å². The fraction of sp³-hybridized carbons (Fsp3) is 0.121. The zero-order valence-electron chi connectivity index (χ0n) is 21.4. The van der Waals surface area contributed by atoms with Crippen molar-refractivity contribution in [3.63, 3.8) is 0 Å². The van der Waals surface area contributed by atoms with Gasteiger partial charge in [0.15, 0.2) is 28.5 Å². The van der Waals surface area contributed by atoms with Gasteiger partial charge in [0.05, 0.1) is 17.8 Å². The van der Waals surface area contributed by atoms with Gasteiger partial charge in [0.2, 0.25) is 5.78 Å². The van der Waals surface area contributed by atoms with Crippen molar-refractivity contribution in [2.75, 3.05) is 13.1 Å². The largest absolute Gasteiger partial charge is 0.358 e. The average Bonchev–Trinajstić information content (AvgIpc) is 3.52. The molecule has 0 aliphatic heterocycles. The van der Waals surface area contributed by atoms with Crippen molar-refractivity contribution in [1.82, 2.24) is 10.3 Å². The highest BCUT2D eigenvalue weighted by Crippen LogP contribution is 2.47. The third-order valence-corrected chi connectivity index (χ3v) is 7.62. The molecule has 196 valence electrons. The van der Waals surface area contributed by atoms with Crippen LogP contribution in [0.2, 0.25) is 0 Å². The summed E-state index contributed by atoms with van der Waals surface area (Å²) in [4.78, 5) is 70.8. The molecule has 0 unspecified atom stereocenters. The zero-order chi connectivity index (χ0) is 27.9. The third kappa shape index (κ3) is 3.82. The topological polar surface area (TPSA) is 113 Å². The molecule has 7 nitrogen and oxygen atoms in total. The number of benzene rings is 3. The van der Waals surface area contributed by atoms with E-state index in [1.165, 1.54) is 0 Å². The third-order valence-electron chi connectivity index (χ3n) is 7.62. The molecule has 3 aromatic carbocycles. The molecule has 6 rings (SSSR count). The van der Waals surface area contributed by atoms with Crippen LogP contribution in [0.25, 0.3) is 0 Å². The molecule has 2 N–H and O–H groups in total. The first kappa shape index (κ1) is 25.3. The van der Waals surface area contributed by atoms with Crippen LogP contribution < -0.4 is 5.32 Å². The molecule has 0 bridgehead atoms. The normalized spacial score (nSPS) is 15.6. The zero-order valence-corrected chi connectivity index (χ0v) is 21.4. The molecule has 0 radical (unpaired) electrons. The Labute approximate surface area is 229 Å². The molecule has 0 fully saturated rings. The van der Waals surface area contributed by atoms with Crippen LogP contribution in [0, 0.1) is 0 Å². The van der Waals surface area contributed by atoms with Crippen LogP contribution in [0.1, 0.15) is 63.0 Å². The molecule has 0 saturated heterocycles. The van der Waals surface area contributed by atoms with E-state index in [1.54, 1.807) is 85.1 Å². The summed E-state index contributed by atoms with van der Waals surface area (Å²) in [6, 6.07) is 23.9. The number of hydrogen-bond acceptors (Lipinski definition) is 6. The molecule has 1 heterocycles. The Morgan fingerprint density at radius 2 is 1.38 bits per heavy atom. The predicted molar refractivity (Wildman–Crippen MR) is 148 cm³/mol. The van der Waals surface area contributed by atoms with Crippen molar-refractivity contribution in [3.8, 4) is 0 Å². The molecule has 0 saturated carbocycles. The van der Waals surface area contributed by atoms with Crippen LogP contribution in [0.5, 0.6) is 0 Å². The summed E-state index contributed by atoms with van der Waals surface area (Å²) in [6.07, 6.45) is 3.08. The molecular formula is C33H24N2O5. The predicted octanol–water partition coefficient (Wildman–Crippen LogP) is 4.35. The summed E-state index contributed by atoms with van der Waals surface area (Å²) >= 11 is 0. The Kier molecular flexibility index (Phi) is 6.28. The summed E-state index contributed by atoms with van der Waals surface area (Å²) in [5.41, 5.74) is 0.151. The van der Waals surface area contributed by atoms with Gasteiger partial charge in [-0.3, -0.25) is 24.0 Å². The minimum Gasteiger partial charge on any atom is -0.358 e. The Hall–Kier alpha value is -5.01. The van der Waals surface area contributed by atoms with Crippen molar-refractivity contribution < 1.29 is 24.0 Å². The van der Waals surface area contributed by atoms with Crippen molar-refractivity contribution >= 4 is 28.9 Å². The first-order valence-electron chi connectivity index (χ1n) is 13.0. The van der Waals surface area contributed by atoms with E-state index in [4.69, 9.17) is 0 Å². The highest BCUT2D eigenvalue weighted by atomic mass is 16.2. The highest BCUT2D eigenvalue weighted by Gasteiger charge is 2.59. The molecule has 0 atom stereocenters. The quantitative estimate of drug-likeness (QED) is 0.200. The van der Waals surface area contributed by atoms with E-state index in [-0.39, 0.29) is 40.3 Å². The minimum absolute atomic E-state index is 0.0594. The van der Waals surface area contributed by atoms with E-state index in [9.17, 15) is 24.0 Å². The Bertz CT molecular complexity index is 1700. The fourth-order valence-electron chi connectivity index (χ4n) is 5.68. The lowest BCUT2D eigenvalue weighted by Gasteiger charge is -2.30. The van der Waals surface area contributed by atoms with E-state index in [0.717, 1.165) is 6.08 Å². The lowest BCUT2D eigenvalue weighted by atomic mass is 9.66. The molecule has 2 aliphatic carbocycles. The fourth-order valence-corrected chi connectivity index (χ4v) is 5.68. The van der Waals surface area contributed by atoms with Crippen molar-refractivity contribution in [3.05, 3.63) is 142 Å². The van der Waals surface area contributed by atoms with E-state index in [2.05, 4.69) is 10.3 Å². The molecule has 40 heavy (non-hydrogen) atoms. The van der Waals surface area contributed by atoms with Crippen LogP contribution in [-0.4, -0.2) is 47.0 Å². The van der Waals surface area contributed by atoms with Gasteiger partial charge in [0, 0.05) is 28.5 Å². The second-order valence-corrected chi connectivity index (χ2v) is 9.85. The molecule has 2 aliphatic rings. The maximum atomic E-state index is 14.2. The smallest absolute Gasteiger partial charge is 0.203 e. The van der Waals surface area contributed by atoms with Crippen LogP contribution in [-0.2, 0) is 11.8 Å². The van der Waals surface area contributed by atoms with E-state index >= 15 is 0 Å². The number of allylic oxidation sites excluding steroid dienone is 2. The molecule has 0 spiro atoms. The second-order valence-electron chi connectivity index (χ2n) is 9.85. The van der Waals surface area contributed by atoms with Gasteiger partial charge in [-0.15, -0.1) is 0 Å². The van der Waals surface area contributed by atoms with Crippen molar-refractivity contribution in [1.29, 1.82) is 0 Å². The van der Waals surface area contributed by atoms with Gasteiger partial charge in [-0.05, 0) is 30.2 Å². The monoisotopic (exact) mass is 528 g/mol. The number of rotatable bonds is 8. The first-order valence-corrected chi connectivity index (χ1v) is 13.0. The molecular weight excluding hydrogens is 504 g/mol. The Balaban J connectivity index is 1.33. The minimum atomic E-state index is -1.95. The summed E-state index contributed by atoms with van der Waals surface area (Å²) in [5, 5.41) is 3.10. The van der Waals surface area contributed by atoms with Gasteiger partial charge < -0.3 is 10.3 Å². The van der Waals surface area contributed by atoms with Gasteiger partial charge >= 0.3 is 0 Å². The summed E-state index contributed by atoms with van der Waals surface area (Å²) in [7, 11) is 0. The Morgan fingerprint density at radius 3 is 2.02 bits per heavy atom. The number of aromatic amines is 1. The van der Waals surface area contributed by atoms with Gasteiger partial charge in [0.1, 0.15) is 0 Å². The van der Waals surface area contributed by atoms with Crippen LogP contribution >= 0.6 is 0 Å². The van der Waals surface area contributed by atoms with Crippen LogP contribution in [0.15, 0.2) is 103 Å². The van der Waals surface area contributed by atoms with Gasteiger partial charge in [-0.2, -0.15) is 0 Å². The molecule has 0 amide bonds.